The Morgan fingerprint density at radius 3 is 1.28 bits per heavy atom. The van der Waals surface area contributed by atoms with Crippen molar-refractivity contribution in [1.82, 2.24) is 0 Å². The second-order valence-corrected chi connectivity index (χ2v) is 11.6. The Morgan fingerprint density at radius 1 is 0.462 bits per heavy atom. The molecular weight excluding hydrogens is 472 g/mol. The Morgan fingerprint density at radius 2 is 0.846 bits per heavy atom. The second-order valence-electron chi connectivity index (χ2n) is 11.6. The van der Waals surface area contributed by atoms with Gasteiger partial charge in [-0.05, 0) is 79.2 Å². The van der Waals surface area contributed by atoms with E-state index in [1.165, 1.54) is 75.4 Å². The van der Waals surface area contributed by atoms with Gasteiger partial charge in [0.2, 0.25) is 0 Å². The standard InChI is InChI=1S/C38H54O/c1-5-9-15-27-33-34(28-16-10-6-2)36(30-18-12-8-4)38(31-23-19-13-20-24-31,32-25-21-14-22-26-32)37(39)35(33)29-17-11-7-3/h13-14,19-26H,5-12,15-18,27-30H2,1-4H3. The summed E-state index contributed by atoms with van der Waals surface area (Å²) in [6, 6.07) is 21.6. The van der Waals surface area contributed by atoms with Crippen molar-refractivity contribution < 1.29 is 4.79 Å². The molecule has 2 aromatic carbocycles. The summed E-state index contributed by atoms with van der Waals surface area (Å²) >= 11 is 0. The molecule has 0 bridgehead atoms. The van der Waals surface area contributed by atoms with Crippen LogP contribution in [-0.4, -0.2) is 5.78 Å². The van der Waals surface area contributed by atoms with Gasteiger partial charge in [0.1, 0.15) is 5.41 Å². The van der Waals surface area contributed by atoms with Crippen molar-refractivity contribution in [2.75, 3.05) is 0 Å². The Labute approximate surface area is 240 Å². The first-order valence-electron chi connectivity index (χ1n) is 16.3. The molecule has 0 aromatic heterocycles. The van der Waals surface area contributed by atoms with E-state index in [-0.39, 0.29) is 0 Å². The molecule has 0 saturated carbocycles. The van der Waals surface area contributed by atoms with E-state index < -0.39 is 5.41 Å². The summed E-state index contributed by atoms with van der Waals surface area (Å²) in [4.78, 5) is 15.3. The molecule has 212 valence electrons. The van der Waals surface area contributed by atoms with Crippen LogP contribution in [0.1, 0.15) is 142 Å². The van der Waals surface area contributed by atoms with Crippen LogP contribution in [-0.2, 0) is 10.2 Å². The topological polar surface area (TPSA) is 17.1 Å². The zero-order valence-corrected chi connectivity index (χ0v) is 25.5. The van der Waals surface area contributed by atoms with Gasteiger partial charge in [-0.15, -0.1) is 0 Å². The number of allylic oxidation sites excluding steroid dienone is 4. The molecule has 0 heterocycles. The lowest BCUT2D eigenvalue weighted by Gasteiger charge is -2.43. The average molecular weight is 527 g/mol. The molecule has 1 nitrogen and oxygen atoms in total. The molecule has 1 aliphatic carbocycles. The third-order valence-corrected chi connectivity index (χ3v) is 8.70. The fourth-order valence-electron chi connectivity index (χ4n) is 6.66. The SMILES string of the molecule is CCCCCC1=C(CCCCC)C(CCCCC)=C(CCCCC)C(c2ccccc2)(c2ccccc2)C1=O. The minimum atomic E-state index is -0.715. The van der Waals surface area contributed by atoms with Crippen molar-refractivity contribution in [1.29, 1.82) is 0 Å². The van der Waals surface area contributed by atoms with Crippen molar-refractivity contribution in [2.45, 2.75) is 136 Å². The van der Waals surface area contributed by atoms with Crippen LogP contribution in [0, 0.1) is 0 Å². The highest BCUT2D eigenvalue weighted by Crippen LogP contribution is 2.52. The average Bonchev–Trinajstić information content (AvgIpc) is 2.97. The fourth-order valence-corrected chi connectivity index (χ4v) is 6.66. The van der Waals surface area contributed by atoms with E-state index in [9.17, 15) is 0 Å². The monoisotopic (exact) mass is 526 g/mol. The zero-order valence-electron chi connectivity index (χ0n) is 25.5. The number of carbonyl (C=O) groups is 1. The van der Waals surface area contributed by atoms with E-state index in [4.69, 9.17) is 0 Å². The summed E-state index contributed by atoms with van der Waals surface area (Å²) in [5.41, 5.74) is 7.15. The summed E-state index contributed by atoms with van der Waals surface area (Å²) < 4.78 is 0. The van der Waals surface area contributed by atoms with Crippen molar-refractivity contribution in [3.8, 4) is 0 Å². The van der Waals surface area contributed by atoms with Crippen molar-refractivity contribution in [2.24, 2.45) is 0 Å². The smallest absolute Gasteiger partial charge is 0.178 e. The van der Waals surface area contributed by atoms with Gasteiger partial charge in [-0.3, -0.25) is 4.79 Å². The Bertz CT molecular complexity index is 1020. The molecule has 0 radical (unpaired) electrons. The quantitative estimate of drug-likeness (QED) is 0.176. The Kier molecular flexibility index (Phi) is 13.3. The van der Waals surface area contributed by atoms with Gasteiger partial charge in [0, 0.05) is 5.57 Å². The van der Waals surface area contributed by atoms with E-state index in [1.807, 2.05) is 0 Å². The zero-order chi connectivity index (χ0) is 27.9. The maximum absolute atomic E-state index is 15.3. The summed E-state index contributed by atoms with van der Waals surface area (Å²) in [6.45, 7) is 9.13. The lowest BCUT2D eigenvalue weighted by Crippen LogP contribution is -2.44. The molecule has 0 N–H and O–H groups in total. The molecule has 3 rings (SSSR count). The first-order valence-corrected chi connectivity index (χ1v) is 16.3. The van der Waals surface area contributed by atoms with Gasteiger partial charge < -0.3 is 0 Å². The number of rotatable bonds is 18. The molecule has 2 aromatic rings. The Balaban J connectivity index is 2.37. The van der Waals surface area contributed by atoms with E-state index in [1.54, 1.807) is 5.57 Å². The maximum Gasteiger partial charge on any atom is 0.178 e. The maximum atomic E-state index is 15.3. The highest BCUT2D eigenvalue weighted by Gasteiger charge is 2.50. The van der Waals surface area contributed by atoms with Crippen LogP contribution in [0.5, 0.6) is 0 Å². The molecule has 1 heteroatoms. The van der Waals surface area contributed by atoms with Gasteiger partial charge in [-0.2, -0.15) is 0 Å². The van der Waals surface area contributed by atoms with Gasteiger partial charge in [0.25, 0.3) is 0 Å². The molecule has 0 fully saturated rings. The molecule has 0 saturated heterocycles. The number of unbranched alkanes of at least 4 members (excludes halogenated alkanes) is 8. The van der Waals surface area contributed by atoms with Gasteiger partial charge in [0.05, 0.1) is 0 Å². The molecule has 0 atom stereocenters. The predicted octanol–water partition coefficient (Wildman–Crippen LogP) is 11.5. The number of benzene rings is 2. The largest absolute Gasteiger partial charge is 0.293 e. The lowest BCUT2D eigenvalue weighted by molar-refractivity contribution is -0.119. The van der Waals surface area contributed by atoms with E-state index in [2.05, 4.69) is 88.4 Å². The summed E-state index contributed by atoms with van der Waals surface area (Å²) in [6.07, 6.45) is 18.4. The molecule has 1 aliphatic rings. The molecule has 39 heavy (non-hydrogen) atoms. The summed E-state index contributed by atoms with van der Waals surface area (Å²) in [7, 11) is 0. The molecule has 0 unspecified atom stereocenters. The van der Waals surface area contributed by atoms with Crippen molar-refractivity contribution >= 4 is 5.78 Å². The second kappa shape index (κ2) is 16.6. The number of hydrogen-bond donors (Lipinski definition) is 0. The molecule has 0 aliphatic heterocycles. The number of ketones is 1. The van der Waals surface area contributed by atoms with Crippen LogP contribution in [0.3, 0.4) is 0 Å². The van der Waals surface area contributed by atoms with Crippen molar-refractivity contribution in [3.63, 3.8) is 0 Å². The minimum Gasteiger partial charge on any atom is -0.293 e. The number of Topliss-reactive ketones (excluding diaryl/α,β-unsaturated/α-hetero) is 1. The third-order valence-electron chi connectivity index (χ3n) is 8.70. The fraction of sp³-hybridized carbons (Fsp3) is 0.553. The van der Waals surface area contributed by atoms with Gasteiger partial charge in [-0.1, -0.05) is 140 Å². The number of carbonyl (C=O) groups excluding carboxylic acids is 1. The highest BCUT2D eigenvalue weighted by molar-refractivity contribution is 6.11. The number of hydrogen-bond acceptors (Lipinski definition) is 1. The van der Waals surface area contributed by atoms with Crippen molar-refractivity contribution in [3.05, 3.63) is 94.1 Å². The molecular formula is C38H54O. The summed E-state index contributed by atoms with van der Waals surface area (Å²) in [5, 5.41) is 0. The van der Waals surface area contributed by atoms with Crippen LogP contribution in [0.2, 0.25) is 0 Å². The van der Waals surface area contributed by atoms with Gasteiger partial charge >= 0.3 is 0 Å². The first-order chi connectivity index (χ1) is 19.2. The molecule has 0 spiro atoms. The van der Waals surface area contributed by atoms with Crippen LogP contribution < -0.4 is 0 Å². The Hall–Kier alpha value is -2.41. The highest BCUT2D eigenvalue weighted by atomic mass is 16.1. The van der Waals surface area contributed by atoms with E-state index in [0.717, 1.165) is 55.2 Å². The lowest BCUT2D eigenvalue weighted by atomic mass is 9.57. The van der Waals surface area contributed by atoms with Crippen LogP contribution in [0.15, 0.2) is 83.0 Å². The van der Waals surface area contributed by atoms with Gasteiger partial charge in [0.15, 0.2) is 5.78 Å². The third kappa shape index (κ3) is 7.41. The van der Waals surface area contributed by atoms with Crippen LogP contribution in [0.25, 0.3) is 0 Å². The first kappa shape index (κ1) is 31.1. The van der Waals surface area contributed by atoms with Crippen LogP contribution >= 0.6 is 0 Å². The van der Waals surface area contributed by atoms with E-state index in [0.29, 0.717) is 5.78 Å². The van der Waals surface area contributed by atoms with Gasteiger partial charge in [-0.25, -0.2) is 0 Å². The normalized spacial score (nSPS) is 15.3. The minimum absolute atomic E-state index is 0.369. The van der Waals surface area contributed by atoms with E-state index >= 15 is 4.79 Å². The van der Waals surface area contributed by atoms with Crippen LogP contribution in [0.4, 0.5) is 0 Å². The predicted molar refractivity (Wildman–Crippen MR) is 169 cm³/mol. The molecule has 0 amide bonds. The summed E-state index contributed by atoms with van der Waals surface area (Å²) in [5.74, 6) is 0.369.